The van der Waals surface area contributed by atoms with Crippen molar-refractivity contribution in [3.63, 3.8) is 0 Å². The summed E-state index contributed by atoms with van der Waals surface area (Å²) < 4.78 is 19.0. The number of ether oxygens (including phenoxy) is 1. The van der Waals surface area contributed by atoms with Crippen molar-refractivity contribution in [1.82, 2.24) is 5.32 Å². The van der Waals surface area contributed by atoms with E-state index in [1.165, 1.54) is 12.1 Å². The molecule has 1 rings (SSSR count). The normalized spacial score (nSPS) is 10.8. The number of benzene rings is 1. The lowest BCUT2D eigenvalue weighted by molar-refractivity contribution is 0.146. The van der Waals surface area contributed by atoms with Crippen molar-refractivity contribution < 1.29 is 9.13 Å². The van der Waals surface area contributed by atoms with Crippen LogP contribution < -0.4 is 5.32 Å². The van der Waals surface area contributed by atoms with Gasteiger partial charge in [-0.15, -0.1) is 11.6 Å². The lowest BCUT2D eigenvalue weighted by Gasteiger charge is -2.06. The van der Waals surface area contributed by atoms with E-state index in [2.05, 4.69) is 21.2 Å². The number of hydrogen-bond acceptors (Lipinski definition) is 2. The van der Waals surface area contributed by atoms with Gasteiger partial charge >= 0.3 is 0 Å². The predicted octanol–water partition coefficient (Wildman–Crippen LogP) is 3.32. The third kappa shape index (κ3) is 6.99. The highest BCUT2D eigenvalue weighted by atomic mass is 79.9. The van der Waals surface area contributed by atoms with Crippen molar-refractivity contribution in [1.29, 1.82) is 0 Å². The molecule has 0 aromatic heterocycles. The molecule has 17 heavy (non-hydrogen) atoms. The van der Waals surface area contributed by atoms with Crippen LogP contribution in [0.4, 0.5) is 4.39 Å². The molecule has 0 aliphatic carbocycles. The zero-order chi connectivity index (χ0) is 12.5. The van der Waals surface area contributed by atoms with Gasteiger partial charge in [-0.2, -0.15) is 0 Å². The number of rotatable bonds is 8. The van der Waals surface area contributed by atoms with Crippen LogP contribution >= 0.6 is 27.5 Å². The highest BCUT2D eigenvalue weighted by Crippen LogP contribution is 2.14. The lowest BCUT2D eigenvalue weighted by atomic mass is 10.2. The fraction of sp³-hybridized carbons (Fsp3) is 0.500. The van der Waals surface area contributed by atoms with Crippen molar-refractivity contribution >= 4 is 27.5 Å². The third-order valence-corrected chi connectivity index (χ3v) is 2.73. The van der Waals surface area contributed by atoms with E-state index in [1.807, 2.05) is 6.07 Å². The molecule has 0 amide bonds. The molecule has 2 nitrogen and oxygen atoms in total. The van der Waals surface area contributed by atoms with Gasteiger partial charge < -0.3 is 10.1 Å². The number of halogens is 3. The average Bonchev–Trinajstić information content (AvgIpc) is 2.26. The largest absolute Gasteiger partial charge is 0.380 e. The van der Waals surface area contributed by atoms with E-state index < -0.39 is 0 Å². The molecular weight excluding hydrogens is 308 g/mol. The molecular formula is C12H16BrClFNO. The summed E-state index contributed by atoms with van der Waals surface area (Å²) >= 11 is 8.73. The summed E-state index contributed by atoms with van der Waals surface area (Å²) in [5.74, 6) is 0.312. The molecule has 0 spiro atoms. The van der Waals surface area contributed by atoms with Crippen LogP contribution in [0, 0.1) is 5.82 Å². The molecule has 0 saturated carbocycles. The smallest absolute Gasteiger partial charge is 0.124 e. The van der Waals surface area contributed by atoms with Gasteiger partial charge in [0.1, 0.15) is 5.82 Å². The molecule has 0 fully saturated rings. The average molecular weight is 325 g/mol. The second-order valence-electron chi connectivity index (χ2n) is 3.61. The van der Waals surface area contributed by atoms with Crippen molar-refractivity contribution in [3.8, 4) is 0 Å². The number of nitrogens with one attached hydrogen (secondary N) is 1. The first-order chi connectivity index (χ1) is 8.22. The van der Waals surface area contributed by atoms with Gasteiger partial charge in [0.25, 0.3) is 0 Å². The molecule has 1 aromatic rings. The van der Waals surface area contributed by atoms with Gasteiger partial charge in [0, 0.05) is 23.5 Å². The van der Waals surface area contributed by atoms with E-state index in [4.69, 9.17) is 16.3 Å². The molecule has 0 atom stereocenters. The monoisotopic (exact) mass is 323 g/mol. The zero-order valence-corrected chi connectivity index (χ0v) is 11.9. The maximum Gasteiger partial charge on any atom is 0.124 e. The summed E-state index contributed by atoms with van der Waals surface area (Å²) in [6.45, 7) is 2.80. The molecule has 0 saturated heterocycles. The fourth-order valence-corrected chi connectivity index (χ4v) is 2.02. The summed E-state index contributed by atoms with van der Waals surface area (Å²) in [5.41, 5.74) is 0.929. The van der Waals surface area contributed by atoms with Gasteiger partial charge in [-0.1, -0.05) is 15.9 Å². The van der Waals surface area contributed by atoms with Crippen LogP contribution in [0.25, 0.3) is 0 Å². The summed E-state index contributed by atoms with van der Waals surface area (Å²) in [7, 11) is 0. The van der Waals surface area contributed by atoms with Gasteiger partial charge in [-0.25, -0.2) is 4.39 Å². The van der Waals surface area contributed by atoms with Crippen LogP contribution in [0.3, 0.4) is 0 Å². The summed E-state index contributed by atoms with van der Waals surface area (Å²) in [5, 5.41) is 3.23. The topological polar surface area (TPSA) is 21.3 Å². The first-order valence-electron chi connectivity index (χ1n) is 5.52. The van der Waals surface area contributed by atoms with Crippen molar-refractivity contribution in [3.05, 3.63) is 34.1 Å². The van der Waals surface area contributed by atoms with E-state index in [1.54, 1.807) is 0 Å². The Morgan fingerprint density at radius 3 is 2.82 bits per heavy atom. The second kappa shape index (κ2) is 8.86. The molecule has 5 heteroatoms. The quantitative estimate of drug-likeness (QED) is 0.585. The maximum atomic E-state index is 13.1. The Morgan fingerprint density at radius 2 is 2.12 bits per heavy atom. The molecule has 96 valence electrons. The fourth-order valence-electron chi connectivity index (χ4n) is 1.40. The Balaban J connectivity index is 2.13. The first-order valence-corrected chi connectivity index (χ1v) is 6.84. The predicted molar refractivity (Wildman–Crippen MR) is 72.0 cm³/mol. The number of alkyl halides is 1. The SMILES string of the molecule is Fc1cc(Br)cc(CNCCCOCCCl)c1. The molecule has 0 unspecified atom stereocenters. The van der Waals surface area contributed by atoms with Crippen LogP contribution in [-0.2, 0) is 11.3 Å². The van der Waals surface area contributed by atoms with Crippen LogP contribution in [0.15, 0.2) is 22.7 Å². The van der Waals surface area contributed by atoms with E-state index >= 15 is 0 Å². The zero-order valence-electron chi connectivity index (χ0n) is 9.52. The minimum atomic E-state index is -0.221. The van der Waals surface area contributed by atoms with E-state index in [0.29, 0.717) is 25.6 Å². The van der Waals surface area contributed by atoms with Crippen LogP contribution in [0.2, 0.25) is 0 Å². The van der Waals surface area contributed by atoms with Crippen molar-refractivity contribution in [2.24, 2.45) is 0 Å². The van der Waals surface area contributed by atoms with Gasteiger partial charge in [-0.05, 0) is 36.7 Å². The van der Waals surface area contributed by atoms with Crippen molar-refractivity contribution in [2.75, 3.05) is 25.6 Å². The van der Waals surface area contributed by atoms with Crippen LogP contribution in [0.5, 0.6) is 0 Å². The highest BCUT2D eigenvalue weighted by Gasteiger charge is 1.98. The summed E-state index contributed by atoms with van der Waals surface area (Å²) in [6, 6.07) is 4.88. The Labute approximate surface area is 115 Å². The molecule has 0 radical (unpaired) electrons. The van der Waals surface area contributed by atoms with Crippen LogP contribution in [0.1, 0.15) is 12.0 Å². The third-order valence-electron chi connectivity index (χ3n) is 2.12. The minimum Gasteiger partial charge on any atom is -0.380 e. The second-order valence-corrected chi connectivity index (χ2v) is 4.90. The Morgan fingerprint density at radius 1 is 1.29 bits per heavy atom. The Kier molecular flexibility index (Phi) is 7.77. The summed E-state index contributed by atoms with van der Waals surface area (Å²) in [6.07, 6.45) is 0.924. The minimum absolute atomic E-state index is 0.221. The molecule has 1 aromatic carbocycles. The van der Waals surface area contributed by atoms with Gasteiger partial charge in [0.05, 0.1) is 6.61 Å². The highest BCUT2D eigenvalue weighted by molar-refractivity contribution is 9.10. The first kappa shape index (κ1) is 14.9. The lowest BCUT2D eigenvalue weighted by Crippen LogP contribution is -2.16. The molecule has 0 bridgehead atoms. The van der Waals surface area contributed by atoms with E-state index in [0.717, 1.165) is 23.0 Å². The standard InChI is InChI=1S/C12H16BrClFNO/c13-11-6-10(7-12(15)8-11)9-16-3-1-4-17-5-2-14/h6-8,16H,1-5,9H2. The Bertz CT molecular complexity index is 318. The Hall–Kier alpha value is -0.160. The van der Waals surface area contributed by atoms with Gasteiger partial charge in [0.15, 0.2) is 0 Å². The summed E-state index contributed by atoms with van der Waals surface area (Å²) in [4.78, 5) is 0. The van der Waals surface area contributed by atoms with Crippen LogP contribution in [-0.4, -0.2) is 25.6 Å². The molecule has 0 aliphatic rings. The van der Waals surface area contributed by atoms with Gasteiger partial charge in [0.2, 0.25) is 0 Å². The molecule has 0 heterocycles. The molecule has 1 N–H and O–H groups in total. The van der Waals surface area contributed by atoms with Gasteiger partial charge in [-0.3, -0.25) is 0 Å². The van der Waals surface area contributed by atoms with E-state index in [-0.39, 0.29) is 5.82 Å². The molecule has 0 aliphatic heterocycles. The van der Waals surface area contributed by atoms with E-state index in [9.17, 15) is 4.39 Å². The maximum absolute atomic E-state index is 13.1. The van der Waals surface area contributed by atoms with Crippen molar-refractivity contribution in [2.45, 2.75) is 13.0 Å². The number of hydrogen-bond donors (Lipinski definition) is 1.